The van der Waals surface area contributed by atoms with Crippen LogP contribution in [-0.2, 0) is 16.8 Å². The van der Waals surface area contributed by atoms with Gasteiger partial charge < -0.3 is 14.6 Å². The maximum atomic E-state index is 13.5. The summed E-state index contributed by atoms with van der Waals surface area (Å²) in [4.78, 5) is 40.8. The first-order valence-corrected chi connectivity index (χ1v) is 11.4. The summed E-state index contributed by atoms with van der Waals surface area (Å²) in [5.74, 6) is 0.138. The predicted molar refractivity (Wildman–Crippen MR) is 127 cm³/mol. The number of hydrogen-bond donors (Lipinski definition) is 1. The number of benzene rings is 2. The average Bonchev–Trinajstić information content (AvgIpc) is 3.27. The molecule has 5 rings (SSSR count). The van der Waals surface area contributed by atoms with Crippen LogP contribution in [0.3, 0.4) is 0 Å². The topological polar surface area (TPSA) is 80.6 Å². The fourth-order valence-electron chi connectivity index (χ4n) is 5.36. The van der Waals surface area contributed by atoms with E-state index >= 15 is 0 Å². The van der Waals surface area contributed by atoms with Crippen molar-refractivity contribution in [1.29, 1.82) is 0 Å². The number of aromatic nitrogens is 1. The highest BCUT2D eigenvalue weighted by Crippen LogP contribution is 2.40. The Balaban J connectivity index is 1.42. The van der Waals surface area contributed by atoms with Crippen LogP contribution in [0.5, 0.6) is 5.75 Å². The van der Waals surface area contributed by atoms with Crippen molar-refractivity contribution in [2.45, 2.75) is 38.6 Å². The second-order valence-corrected chi connectivity index (χ2v) is 8.98. The molecule has 2 aromatic carbocycles. The van der Waals surface area contributed by atoms with E-state index in [1.165, 1.54) is 0 Å². The molecule has 1 spiro atoms. The van der Waals surface area contributed by atoms with Crippen LogP contribution < -0.4 is 10.1 Å². The number of fused-ring (bicyclic) bond motifs is 2. The smallest absolute Gasteiger partial charge is 0.325 e. The fourth-order valence-corrected chi connectivity index (χ4v) is 5.36. The minimum absolute atomic E-state index is 0.266. The quantitative estimate of drug-likeness (QED) is 0.463. The van der Waals surface area contributed by atoms with E-state index in [2.05, 4.69) is 5.32 Å². The largest absolute Gasteiger partial charge is 0.497 e. The first-order chi connectivity index (χ1) is 16.4. The maximum absolute atomic E-state index is 13.5. The molecule has 1 aromatic heterocycles. The zero-order valence-electron chi connectivity index (χ0n) is 19.6. The number of methoxy groups -OCH3 is 1. The minimum atomic E-state index is -1.08. The number of urea groups is 1. The molecule has 1 atom stereocenters. The molecule has 174 valence electrons. The number of carbonyl (C=O) groups is 3. The van der Waals surface area contributed by atoms with Gasteiger partial charge in [0.1, 0.15) is 11.3 Å². The number of nitrogens with zero attached hydrogens (tertiary/aromatic N) is 2. The highest BCUT2D eigenvalue weighted by Gasteiger charge is 2.54. The molecule has 1 aliphatic carbocycles. The molecular weight excluding hydrogens is 430 g/mol. The summed E-state index contributed by atoms with van der Waals surface area (Å²) in [6.07, 6.45) is 2.20. The first kappa shape index (κ1) is 21.9. The molecule has 34 heavy (non-hydrogen) atoms. The van der Waals surface area contributed by atoms with E-state index < -0.39 is 11.6 Å². The lowest BCUT2D eigenvalue weighted by Gasteiger charge is -2.33. The van der Waals surface area contributed by atoms with Gasteiger partial charge in [-0.2, -0.15) is 0 Å². The van der Waals surface area contributed by atoms with Crippen molar-refractivity contribution in [2.24, 2.45) is 0 Å². The van der Waals surface area contributed by atoms with Gasteiger partial charge in [0.15, 0.2) is 5.78 Å². The van der Waals surface area contributed by atoms with E-state index in [0.717, 1.165) is 51.7 Å². The van der Waals surface area contributed by atoms with E-state index in [-0.39, 0.29) is 18.2 Å². The van der Waals surface area contributed by atoms with Crippen LogP contribution in [-0.4, -0.2) is 40.8 Å². The summed E-state index contributed by atoms with van der Waals surface area (Å²) in [7, 11) is 1.61. The van der Waals surface area contributed by atoms with Crippen LogP contribution in [0.2, 0.25) is 0 Å². The number of rotatable bonds is 5. The molecule has 1 saturated heterocycles. The normalized spacial score (nSPS) is 19.3. The Kier molecular flexibility index (Phi) is 5.27. The number of amides is 3. The van der Waals surface area contributed by atoms with Crippen molar-refractivity contribution in [2.75, 3.05) is 13.7 Å². The zero-order valence-corrected chi connectivity index (χ0v) is 19.6. The number of imide groups is 1. The average molecular weight is 458 g/mol. The van der Waals surface area contributed by atoms with Crippen LogP contribution in [0.4, 0.5) is 4.79 Å². The molecule has 1 aliphatic heterocycles. The fraction of sp³-hybridized carbons (Fsp3) is 0.296. The highest BCUT2D eigenvalue weighted by atomic mass is 16.5. The van der Waals surface area contributed by atoms with Gasteiger partial charge in [0.2, 0.25) is 0 Å². The summed E-state index contributed by atoms with van der Waals surface area (Å²) in [5, 5.41) is 2.92. The number of Topliss-reactive ketones (excluding diaryl/α,β-unsaturated/α-hetero) is 1. The molecule has 1 unspecified atom stereocenters. The Morgan fingerprint density at radius 3 is 2.56 bits per heavy atom. The number of aryl methyl sites for hydroxylation is 2. The summed E-state index contributed by atoms with van der Waals surface area (Å²) in [5.41, 5.74) is 3.89. The van der Waals surface area contributed by atoms with Crippen molar-refractivity contribution < 1.29 is 19.1 Å². The third-order valence-electron chi connectivity index (χ3n) is 7.01. The van der Waals surface area contributed by atoms with Gasteiger partial charge in [-0.1, -0.05) is 24.3 Å². The molecule has 3 aromatic rings. The predicted octanol–water partition coefficient (Wildman–Crippen LogP) is 4.07. The van der Waals surface area contributed by atoms with Gasteiger partial charge in [-0.3, -0.25) is 14.5 Å². The van der Waals surface area contributed by atoms with Crippen molar-refractivity contribution in [3.8, 4) is 11.4 Å². The molecule has 0 radical (unpaired) electrons. The number of hydrogen-bond acceptors (Lipinski definition) is 4. The first-order valence-electron chi connectivity index (χ1n) is 11.4. The van der Waals surface area contributed by atoms with E-state index in [1.54, 1.807) is 7.11 Å². The highest BCUT2D eigenvalue weighted by molar-refractivity contribution is 6.12. The van der Waals surface area contributed by atoms with Crippen LogP contribution in [0.1, 0.15) is 45.7 Å². The van der Waals surface area contributed by atoms with E-state index in [9.17, 15) is 14.4 Å². The standard InChI is InChI=1S/C27H27N3O4/c1-17-15-22(18(2)30(17)20-10-12-21(34-3)13-11-20)24(31)16-29-25(32)27(28-26(29)33)14-6-8-19-7-4-5-9-23(19)27/h4-5,7,9-13,15H,6,8,14,16H2,1-3H3,(H,28,33). The third-order valence-corrected chi connectivity index (χ3v) is 7.01. The molecule has 1 N–H and O–H groups in total. The Morgan fingerprint density at radius 1 is 1.09 bits per heavy atom. The zero-order chi connectivity index (χ0) is 24.0. The van der Waals surface area contributed by atoms with Gasteiger partial charge >= 0.3 is 6.03 Å². The molecular formula is C27H27N3O4. The van der Waals surface area contributed by atoms with Gasteiger partial charge in [-0.25, -0.2) is 4.79 Å². The molecule has 7 heteroatoms. The number of ketones is 1. The SMILES string of the molecule is COc1ccc(-n2c(C)cc(C(=O)CN3C(=O)NC4(CCCc5ccccc54)C3=O)c2C)cc1. The van der Waals surface area contributed by atoms with Crippen molar-refractivity contribution in [3.63, 3.8) is 0 Å². The number of carbonyl (C=O) groups excluding carboxylic acids is 3. The van der Waals surface area contributed by atoms with E-state index in [0.29, 0.717) is 12.0 Å². The molecule has 2 aliphatic rings. The molecule has 2 heterocycles. The summed E-state index contributed by atoms with van der Waals surface area (Å²) in [6, 6.07) is 16.6. The molecule has 0 saturated carbocycles. The lowest BCUT2D eigenvalue weighted by molar-refractivity contribution is -0.131. The van der Waals surface area contributed by atoms with Gasteiger partial charge in [0.05, 0.1) is 13.7 Å². The summed E-state index contributed by atoms with van der Waals surface area (Å²) >= 11 is 0. The van der Waals surface area contributed by atoms with Crippen molar-refractivity contribution >= 4 is 17.7 Å². The Hall–Kier alpha value is -3.87. The molecule has 3 amide bonds. The van der Waals surface area contributed by atoms with Crippen LogP contribution in [0.25, 0.3) is 5.69 Å². The van der Waals surface area contributed by atoms with Gasteiger partial charge in [0, 0.05) is 22.6 Å². The summed E-state index contributed by atoms with van der Waals surface area (Å²) in [6.45, 7) is 3.51. The van der Waals surface area contributed by atoms with E-state index in [1.807, 2.05) is 73.0 Å². The molecule has 1 fully saturated rings. The van der Waals surface area contributed by atoms with Crippen molar-refractivity contribution in [3.05, 3.63) is 82.7 Å². The lowest BCUT2D eigenvalue weighted by Crippen LogP contribution is -2.46. The van der Waals surface area contributed by atoms with Crippen molar-refractivity contribution in [1.82, 2.24) is 14.8 Å². The third kappa shape index (κ3) is 3.31. The van der Waals surface area contributed by atoms with Gasteiger partial charge in [-0.05, 0) is 74.6 Å². The lowest BCUT2D eigenvalue weighted by atomic mass is 9.76. The molecule has 0 bridgehead atoms. The Labute approximate surface area is 198 Å². The van der Waals surface area contributed by atoms with Crippen LogP contribution in [0, 0.1) is 13.8 Å². The monoisotopic (exact) mass is 457 g/mol. The minimum Gasteiger partial charge on any atom is -0.497 e. The Bertz CT molecular complexity index is 1310. The second-order valence-electron chi connectivity index (χ2n) is 8.98. The van der Waals surface area contributed by atoms with Crippen LogP contribution >= 0.6 is 0 Å². The van der Waals surface area contributed by atoms with Gasteiger partial charge in [-0.15, -0.1) is 0 Å². The summed E-state index contributed by atoms with van der Waals surface area (Å²) < 4.78 is 7.22. The van der Waals surface area contributed by atoms with E-state index in [4.69, 9.17) is 4.74 Å². The Morgan fingerprint density at radius 2 is 1.82 bits per heavy atom. The molecule has 7 nitrogen and oxygen atoms in total. The van der Waals surface area contributed by atoms with Crippen LogP contribution in [0.15, 0.2) is 54.6 Å². The van der Waals surface area contributed by atoms with Gasteiger partial charge in [0.25, 0.3) is 5.91 Å². The second kappa shape index (κ2) is 8.17. The maximum Gasteiger partial charge on any atom is 0.325 e. The number of nitrogens with one attached hydrogen (secondary N) is 1. The number of ether oxygens (including phenoxy) is 1.